The van der Waals surface area contributed by atoms with Crippen molar-refractivity contribution in [3.05, 3.63) is 57.9 Å². The van der Waals surface area contributed by atoms with E-state index in [-0.39, 0.29) is 5.91 Å². The van der Waals surface area contributed by atoms with Gasteiger partial charge in [-0.1, -0.05) is 29.8 Å². The Balaban J connectivity index is 1.69. The molecular weight excluding hydrogens is 422 g/mol. The molecule has 4 rings (SSSR count). The van der Waals surface area contributed by atoms with E-state index >= 15 is 0 Å². The molecule has 1 fully saturated rings. The first kappa shape index (κ1) is 20.7. The summed E-state index contributed by atoms with van der Waals surface area (Å²) < 4.78 is 5.80. The van der Waals surface area contributed by atoms with E-state index in [1.807, 2.05) is 30.3 Å². The van der Waals surface area contributed by atoms with E-state index in [2.05, 4.69) is 22.2 Å². The third kappa shape index (κ3) is 4.01. The van der Waals surface area contributed by atoms with Crippen molar-refractivity contribution in [1.82, 2.24) is 4.90 Å². The van der Waals surface area contributed by atoms with Crippen molar-refractivity contribution in [1.29, 1.82) is 0 Å². The summed E-state index contributed by atoms with van der Waals surface area (Å²) in [6.07, 6.45) is 0. The molecule has 0 radical (unpaired) electrons. The lowest BCUT2D eigenvalue weighted by atomic mass is 10.1. The van der Waals surface area contributed by atoms with E-state index in [1.165, 1.54) is 18.4 Å². The van der Waals surface area contributed by atoms with Crippen LogP contribution in [0.25, 0.3) is 10.1 Å². The Labute approximate surface area is 184 Å². The van der Waals surface area contributed by atoms with Crippen molar-refractivity contribution in [3.8, 4) is 0 Å². The Kier molecular flexibility index (Phi) is 5.94. The molecule has 156 valence electrons. The van der Waals surface area contributed by atoms with E-state index in [9.17, 15) is 9.59 Å². The maximum atomic E-state index is 13.1. The summed E-state index contributed by atoms with van der Waals surface area (Å²) in [5.41, 5.74) is 1.83. The molecule has 2 heterocycles. The van der Waals surface area contributed by atoms with E-state index < -0.39 is 5.97 Å². The van der Waals surface area contributed by atoms with Crippen LogP contribution >= 0.6 is 22.9 Å². The van der Waals surface area contributed by atoms with Crippen molar-refractivity contribution in [2.24, 2.45) is 0 Å². The molecule has 30 heavy (non-hydrogen) atoms. The van der Waals surface area contributed by atoms with Crippen molar-refractivity contribution in [2.75, 3.05) is 50.6 Å². The summed E-state index contributed by atoms with van der Waals surface area (Å²) in [4.78, 5) is 30.1. The highest BCUT2D eigenvalue weighted by Gasteiger charge is 2.22. The molecule has 1 N–H and O–H groups in total. The molecule has 1 aliphatic heterocycles. The van der Waals surface area contributed by atoms with Gasteiger partial charge in [0.25, 0.3) is 5.91 Å². The number of benzene rings is 2. The molecule has 1 aromatic heterocycles. The lowest BCUT2D eigenvalue weighted by Gasteiger charge is -2.35. The third-order valence-electron chi connectivity index (χ3n) is 5.25. The highest BCUT2D eigenvalue weighted by molar-refractivity contribution is 7.21. The number of rotatable bonds is 4. The second kappa shape index (κ2) is 8.63. The number of hydrogen-bond acceptors (Lipinski definition) is 6. The minimum absolute atomic E-state index is 0.293. The molecule has 6 nitrogen and oxygen atoms in total. The number of hydrogen-bond donors (Lipinski definition) is 1. The van der Waals surface area contributed by atoms with Gasteiger partial charge in [0.1, 0.15) is 4.88 Å². The fourth-order valence-electron chi connectivity index (χ4n) is 3.54. The van der Waals surface area contributed by atoms with Gasteiger partial charge in [0.05, 0.1) is 29.1 Å². The smallest absolute Gasteiger partial charge is 0.337 e. The number of carbonyl (C=O) groups excluding carboxylic acids is 2. The highest BCUT2D eigenvalue weighted by atomic mass is 35.5. The largest absolute Gasteiger partial charge is 0.465 e. The lowest BCUT2D eigenvalue weighted by molar-refractivity contribution is 0.0600. The second-order valence-corrected chi connectivity index (χ2v) is 8.64. The number of amides is 1. The van der Waals surface area contributed by atoms with Crippen molar-refractivity contribution in [2.45, 2.75) is 0 Å². The number of anilines is 2. The Morgan fingerprint density at radius 3 is 2.53 bits per heavy atom. The number of methoxy groups -OCH3 is 1. The van der Waals surface area contributed by atoms with Crippen LogP contribution < -0.4 is 10.2 Å². The molecule has 0 aliphatic carbocycles. The maximum Gasteiger partial charge on any atom is 0.337 e. The average Bonchev–Trinajstić information content (AvgIpc) is 3.11. The van der Waals surface area contributed by atoms with Crippen LogP contribution in [-0.2, 0) is 4.74 Å². The van der Waals surface area contributed by atoms with Gasteiger partial charge in [-0.3, -0.25) is 4.79 Å². The van der Waals surface area contributed by atoms with E-state index in [0.29, 0.717) is 21.2 Å². The number of halogens is 1. The van der Waals surface area contributed by atoms with Gasteiger partial charge in [-0.2, -0.15) is 0 Å². The van der Waals surface area contributed by atoms with Crippen LogP contribution in [0, 0.1) is 0 Å². The molecule has 1 aliphatic rings. The molecule has 1 saturated heterocycles. The maximum absolute atomic E-state index is 13.1. The minimum atomic E-state index is -0.449. The molecule has 0 unspecified atom stereocenters. The molecular formula is C22H22ClN3O3S. The van der Waals surface area contributed by atoms with E-state index in [1.54, 1.807) is 12.1 Å². The van der Waals surface area contributed by atoms with E-state index in [0.717, 1.165) is 42.0 Å². The van der Waals surface area contributed by atoms with Gasteiger partial charge in [0.15, 0.2) is 0 Å². The van der Waals surface area contributed by atoms with Crippen molar-refractivity contribution < 1.29 is 14.3 Å². The minimum Gasteiger partial charge on any atom is -0.465 e. The quantitative estimate of drug-likeness (QED) is 0.607. The molecule has 3 aromatic rings. The van der Waals surface area contributed by atoms with Gasteiger partial charge >= 0.3 is 5.97 Å². The van der Waals surface area contributed by atoms with Gasteiger partial charge in [-0.15, -0.1) is 11.3 Å². The Bertz CT molecular complexity index is 1110. The number of piperazine rings is 1. The SMILES string of the molecule is COC(=O)c1ccc(N2CCN(C)CC2)c(NC(=O)c2sc3ccccc3c2Cl)c1. The Morgan fingerprint density at radius 2 is 1.83 bits per heavy atom. The highest BCUT2D eigenvalue weighted by Crippen LogP contribution is 2.36. The summed E-state index contributed by atoms with van der Waals surface area (Å²) in [5.74, 6) is -0.742. The number of thiophene rings is 1. The second-order valence-electron chi connectivity index (χ2n) is 7.21. The standard InChI is InChI=1S/C22H22ClN3O3S/c1-25-9-11-26(12-10-25)17-8-7-14(22(28)29-2)13-16(17)24-21(27)20-19(23)15-5-3-4-6-18(15)30-20/h3-8,13H,9-12H2,1-2H3,(H,24,27). The first-order chi connectivity index (χ1) is 14.5. The van der Waals surface area contributed by atoms with Crippen LogP contribution in [0.3, 0.4) is 0 Å². The number of carbonyl (C=O) groups is 2. The molecule has 2 aromatic carbocycles. The summed E-state index contributed by atoms with van der Waals surface area (Å²) in [6.45, 7) is 3.52. The van der Waals surface area contributed by atoms with Gasteiger partial charge in [-0.25, -0.2) is 4.79 Å². The van der Waals surface area contributed by atoms with Crippen LogP contribution in [0.2, 0.25) is 5.02 Å². The number of likely N-dealkylation sites (N-methyl/N-ethyl adjacent to an activating group) is 1. The summed E-state index contributed by atoms with van der Waals surface area (Å²) in [5, 5.41) is 4.28. The first-order valence-corrected chi connectivity index (χ1v) is 10.8. The molecule has 0 spiro atoms. The first-order valence-electron chi connectivity index (χ1n) is 9.62. The molecule has 1 amide bonds. The van der Waals surface area contributed by atoms with Crippen LogP contribution in [-0.4, -0.2) is 57.1 Å². The number of fused-ring (bicyclic) bond motifs is 1. The zero-order valence-corrected chi connectivity index (χ0v) is 18.3. The predicted octanol–water partition coefficient (Wildman–Crippen LogP) is 4.35. The zero-order valence-electron chi connectivity index (χ0n) is 16.8. The Morgan fingerprint density at radius 1 is 1.10 bits per heavy atom. The average molecular weight is 444 g/mol. The normalized spacial score (nSPS) is 14.7. The third-order valence-corrected chi connectivity index (χ3v) is 6.93. The van der Waals surface area contributed by atoms with Crippen LogP contribution in [0.1, 0.15) is 20.0 Å². The van der Waals surface area contributed by atoms with Gasteiger partial charge in [-0.05, 0) is 31.3 Å². The number of nitrogens with zero attached hydrogens (tertiary/aromatic N) is 2. The molecule has 0 saturated carbocycles. The van der Waals surface area contributed by atoms with Gasteiger partial charge in [0.2, 0.25) is 0 Å². The fourth-order valence-corrected chi connectivity index (χ4v) is 4.96. The summed E-state index contributed by atoms with van der Waals surface area (Å²) in [7, 11) is 3.43. The summed E-state index contributed by atoms with van der Waals surface area (Å²) in [6, 6.07) is 12.9. The molecule has 8 heteroatoms. The topological polar surface area (TPSA) is 61.9 Å². The van der Waals surface area contributed by atoms with Gasteiger partial charge < -0.3 is 19.9 Å². The van der Waals surface area contributed by atoms with Crippen LogP contribution in [0.4, 0.5) is 11.4 Å². The van der Waals surface area contributed by atoms with Crippen molar-refractivity contribution in [3.63, 3.8) is 0 Å². The predicted molar refractivity (Wildman–Crippen MR) is 122 cm³/mol. The fraction of sp³-hybridized carbons (Fsp3) is 0.273. The molecule has 0 bridgehead atoms. The van der Waals surface area contributed by atoms with Gasteiger partial charge in [0, 0.05) is 36.3 Å². The monoisotopic (exact) mass is 443 g/mol. The lowest BCUT2D eigenvalue weighted by Crippen LogP contribution is -2.44. The summed E-state index contributed by atoms with van der Waals surface area (Å²) >= 11 is 7.84. The zero-order chi connectivity index (χ0) is 21.3. The number of esters is 1. The van der Waals surface area contributed by atoms with Crippen LogP contribution in [0.15, 0.2) is 42.5 Å². The Hall–Kier alpha value is -2.61. The van der Waals surface area contributed by atoms with Crippen LogP contribution in [0.5, 0.6) is 0 Å². The van der Waals surface area contributed by atoms with Crippen molar-refractivity contribution >= 4 is 56.3 Å². The number of nitrogens with one attached hydrogen (secondary N) is 1. The molecule has 0 atom stereocenters. The van der Waals surface area contributed by atoms with E-state index in [4.69, 9.17) is 16.3 Å². The number of ether oxygens (including phenoxy) is 1.